The van der Waals surface area contributed by atoms with Crippen LogP contribution in [0.4, 0.5) is 13.2 Å². The maximum Gasteiger partial charge on any atom is 0.419 e. The van der Waals surface area contributed by atoms with Crippen molar-refractivity contribution < 1.29 is 17.9 Å². The third kappa shape index (κ3) is 4.50. The van der Waals surface area contributed by atoms with Gasteiger partial charge in [0.25, 0.3) is 5.56 Å². The van der Waals surface area contributed by atoms with Crippen LogP contribution in [0.1, 0.15) is 55.1 Å². The lowest BCUT2D eigenvalue weighted by atomic mass is 9.58. The van der Waals surface area contributed by atoms with E-state index in [1.54, 1.807) is 19.5 Å². The van der Waals surface area contributed by atoms with Gasteiger partial charge in [0.15, 0.2) is 5.65 Å². The number of ether oxygens (including phenoxy) is 1. The number of alkyl halides is 3. The summed E-state index contributed by atoms with van der Waals surface area (Å²) in [6.45, 7) is 2.87. The molecular formula is C29H31F3N6O2. The van der Waals surface area contributed by atoms with Crippen molar-refractivity contribution in [2.45, 2.75) is 56.3 Å². The fourth-order valence-electron chi connectivity index (χ4n) is 6.15. The van der Waals surface area contributed by atoms with Gasteiger partial charge in [-0.3, -0.25) is 9.20 Å². The molecule has 0 spiro atoms. The van der Waals surface area contributed by atoms with E-state index >= 15 is 0 Å². The summed E-state index contributed by atoms with van der Waals surface area (Å²) >= 11 is 0. The minimum Gasteiger partial charge on any atom is -0.377 e. The highest BCUT2D eigenvalue weighted by Gasteiger charge is 2.48. The molecule has 1 N–H and O–H groups in total. The normalized spacial score (nSPS) is 21.9. The molecule has 0 saturated heterocycles. The van der Waals surface area contributed by atoms with Gasteiger partial charge in [0.2, 0.25) is 0 Å². The van der Waals surface area contributed by atoms with E-state index in [4.69, 9.17) is 4.74 Å². The zero-order valence-electron chi connectivity index (χ0n) is 22.6. The predicted molar refractivity (Wildman–Crippen MR) is 143 cm³/mol. The first-order valence-corrected chi connectivity index (χ1v) is 13.4. The van der Waals surface area contributed by atoms with Crippen LogP contribution in [-0.2, 0) is 29.9 Å². The number of rotatable bonds is 8. The molecule has 2 fully saturated rings. The van der Waals surface area contributed by atoms with Gasteiger partial charge in [0.05, 0.1) is 22.1 Å². The number of benzene rings is 1. The van der Waals surface area contributed by atoms with Crippen LogP contribution in [0.3, 0.4) is 0 Å². The molecule has 0 atom stereocenters. The van der Waals surface area contributed by atoms with E-state index in [1.807, 2.05) is 29.8 Å². The van der Waals surface area contributed by atoms with Crippen molar-refractivity contribution >= 4 is 5.65 Å². The molecule has 1 aromatic carbocycles. The standard InChI is InChI=1S/C29H31F3N6O2/c1-18-11-28(12-18,26-36-35-17-37(26)2)21-6-4-5-20(10-21)22-14-34-24-23(29(30,31)32)9-19(15-38(24)25(22)39)13-33-16-27(40-3)7-8-27/h4-6,9-10,14-15,17-18,33H,7-8,11-13,16H2,1-3H3. The molecule has 11 heteroatoms. The number of methoxy groups -OCH3 is 1. The Hall–Kier alpha value is -3.57. The van der Waals surface area contributed by atoms with Gasteiger partial charge in [-0.2, -0.15) is 13.2 Å². The summed E-state index contributed by atoms with van der Waals surface area (Å²) in [5.41, 5.74) is -0.351. The number of nitrogens with one attached hydrogen (secondary N) is 1. The minimum atomic E-state index is -4.67. The van der Waals surface area contributed by atoms with E-state index in [2.05, 4.69) is 27.4 Å². The van der Waals surface area contributed by atoms with E-state index in [-0.39, 0.29) is 23.1 Å². The Bertz CT molecular complexity index is 1630. The Morgan fingerprint density at radius 3 is 2.60 bits per heavy atom. The van der Waals surface area contributed by atoms with Crippen molar-refractivity contribution in [1.82, 2.24) is 29.5 Å². The van der Waals surface area contributed by atoms with Gasteiger partial charge in [-0.05, 0) is 60.4 Å². The maximum atomic E-state index is 14.0. The number of nitrogens with zero attached hydrogens (tertiary/aromatic N) is 5. The zero-order valence-corrected chi connectivity index (χ0v) is 22.6. The Morgan fingerprint density at radius 1 is 1.20 bits per heavy atom. The number of fused-ring (bicyclic) bond motifs is 1. The molecule has 0 unspecified atom stereocenters. The second-order valence-corrected chi connectivity index (χ2v) is 11.4. The average molecular weight is 553 g/mol. The topological polar surface area (TPSA) is 86.3 Å². The summed E-state index contributed by atoms with van der Waals surface area (Å²) < 4.78 is 50.6. The predicted octanol–water partition coefficient (Wildman–Crippen LogP) is 4.49. The quantitative estimate of drug-likeness (QED) is 0.347. The molecule has 6 rings (SSSR count). The van der Waals surface area contributed by atoms with Gasteiger partial charge in [-0.15, -0.1) is 10.2 Å². The smallest absolute Gasteiger partial charge is 0.377 e. The lowest BCUT2D eigenvalue weighted by Gasteiger charge is -2.46. The third-order valence-electron chi connectivity index (χ3n) is 8.44. The van der Waals surface area contributed by atoms with Gasteiger partial charge in [0.1, 0.15) is 12.2 Å². The molecule has 4 aromatic rings. The molecule has 210 valence electrons. The maximum absolute atomic E-state index is 14.0. The molecule has 0 amide bonds. The fraction of sp³-hybridized carbons (Fsp3) is 0.448. The van der Waals surface area contributed by atoms with Crippen molar-refractivity contribution in [2.75, 3.05) is 13.7 Å². The molecule has 3 aromatic heterocycles. The number of aryl methyl sites for hydroxylation is 1. The van der Waals surface area contributed by atoms with Crippen LogP contribution in [0.2, 0.25) is 0 Å². The number of hydrogen-bond acceptors (Lipinski definition) is 6. The van der Waals surface area contributed by atoms with Crippen molar-refractivity contribution in [2.24, 2.45) is 13.0 Å². The number of aromatic nitrogens is 5. The molecule has 2 aliphatic carbocycles. The molecule has 8 nitrogen and oxygen atoms in total. The molecule has 0 aliphatic heterocycles. The largest absolute Gasteiger partial charge is 0.419 e. The fourth-order valence-corrected chi connectivity index (χ4v) is 6.15. The molecule has 3 heterocycles. The Labute approximate surface area is 229 Å². The second-order valence-electron chi connectivity index (χ2n) is 11.4. The van der Waals surface area contributed by atoms with E-state index in [1.165, 1.54) is 12.4 Å². The zero-order chi connectivity index (χ0) is 28.3. The van der Waals surface area contributed by atoms with E-state index in [0.29, 0.717) is 23.6 Å². The number of halogens is 3. The Morgan fingerprint density at radius 2 is 1.98 bits per heavy atom. The highest BCUT2D eigenvalue weighted by atomic mass is 19.4. The Kier molecular flexibility index (Phi) is 6.34. The first-order chi connectivity index (χ1) is 19.1. The van der Waals surface area contributed by atoms with Gasteiger partial charge in [0, 0.05) is 39.6 Å². The highest BCUT2D eigenvalue weighted by Crippen LogP contribution is 2.51. The van der Waals surface area contributed by atoms with Crippen LogP contribution in [0.25, 0.3) is 16.8 Å². The molecule has 2 aliphatic rings. The number of pyridine rings is 1. The van der Waals surface area contributed by atoms with Gasteiger partial charge in [-0.25, -0.2) is 4.98 Å². The third-order valence-corrected chi connectivity index (χ3v) is 8.44. The summed E-state index contributed by atoms with van der Waals surface area (Å²) in [6, 6.07) is 8.65. The van der Waals surface area contributed by atoms with Crippen LogP contribution in [0.15, 0.2) is 53.8 Å². The molecule has 0 bridgehead atoms. The van der Waals surface area contributed by atoms with E-state index in [0.717, 1.165) is 47.5 Å². The van der Waals surface area contributed by atoms with Crippen molar-refractivity contribution in [3.8, 4) is 11.1 Å². The summed E-state index contributed by atoms with van der Waals surface area (Å²) in [5.74, 6) is 1.35. The SMILES string of the molecule is COC1(CNCc2cc(C(F)(F)F)c3ncc(-c4cccc(C5(c6nncn6C)CC(C)C5)c4)c(=O)n3c2)CC1. The first kappa shape index (κ1) is 26.6. The summed E-state index contributed by atoms with van der Waals surface area (Å²) in [7, 11) is 3.54. The van der Waals surface area contributed by atoms with E-state index < -0.39 is 22.9 Å². The molecular weight excluding hydrogens is 521 g/mol. The van der Waals surface area contributed by atoms with Crippen LogP contribution < -0.4 is 10.9 Å². The summed E-state index contributed by atoms with van der Waals surface area (Å²) in [4.78, 5) is 17.9. The second kappa shape index (κ2) is 9.52. The monoisotopic (exact) mass is 552 g/mol. The van der Waals surface area contributed by atoms with Gasteiger partial charge < -0.3 is 14.6 Å². The lowest BCUT2D eigenvalue weighted by Crippen LogP contribution is -2.43. The first-order valence-electron chi connectivity index (χ1n) is 13.4. The molecule has 0 radical (unpaired) electrons. The van der Waals surface area contributed by atoms with Crippen molar-refractivity contribution in [1.29, 1.82) is 0 Å². The summed E-state index contributed by atoms with van der Waals surface area (Å²) in [6.07, 6.45) is 3.28. The van der Waals surface area contributed by atoms with Gasteiger partial charge >= 0.3 is 6.18 Å². The van der Waals surface area contributed by atoms with Crippen molar-refractivity contribution in [3.63, 3.8) is 0 Å². The van der Waals surface area contributed by atoms with Crippen LogP contribution in [0.5, 0.6) is 0 Å². The van der Waals surface area contributed by atoms with Crippen LogP contribution >= 0.6 is 0 Å². The Balaban J connectivity index is 1.41. The van der Waals surface area contributed by atoms with Crippen LogP contribution in [-0.4, -0.2) is 43.4 Å². The lowest BCUT2D eigenvalue weighted by molar-refractivity contribution is -0.136. The average Bonchev–Trinajstić information content (AvgIpc) is 3.56. The van der Waals surface area contributed by atoms with Crippen molar-refractivity contribution in [3.05, 3.63) is 81.9 Å². The molecule has 40 heavy (non-hydrogen) atoms. The minimum absolute atomic E-state index is 0.161. The number of hydrogen-bond donors (Lipinski definition) is 1. The summed E-state index contributed by atoms with van der Waals surface area (Å²) in [5, 5.41) is 11.6. The van der Waals surface area contributed by atoms with Gasteiger partial charge in [-0.1, -0.05) is 25.1 Å². The molecule has 2 saturated carbocycles. The van der Waals surface area contributed by atoms with E-state index in [9.17, 15) is 18.0 Å². The van der Waals surface area contributed by atoms with Crippen LogP contribution in [0, 0.1) is 5.92 Å². The highest BCUT2D eigenvalue weighted by molar-refractivity contribution is 5.66.